The van der Waals surface area contributed by atoms with E-state index in [0.717, 1.165) is 18.4 Å². The van der Waals surface area contributed by atoms with Crippen molar-refractivity contribution in [3.63, 3.8) is 0 Å². The summed E-state index contributed by atoms with van der Waals surface area (Å²) < 4.78 is 11.4. The lowest BCUT2D eigenvalue weighted by Gasteiger charge is -2.11. The zero-order valence-corrected chi connectivity index (χ0v) is 14.1. The van der Waals surface area contributed by atoms with Crippen LogP contribution in [0.15, 0.2) is 23.1 Å². The van der Waals surface area contributed by atoms with Gasteiger partial charge in [-0.05, 0) is 43.5 Å². The summed E-state index contributed by atoms with van der Waals surface area (Å²) >= 11 is 6.18. The number of thioether (sulfide) groups is 1. The summed E-state index contributed by atoms with van der Waals surface area (Å²) in [6, 6.07) is 5.22. The van der Waals surface area contributed by atoms with Crippen LogP contribution in [0, 0.1) is 5.92 Å². The number of rotatable bonds is 5. The maximum Gasteiger partial charge on any atom is 0.314 e. The van der Waals surface area contributed by atoms with E-state index >= 15 is 0 Å². The van der Waals surface area contributed by atoms with Crippen molar-refractivity contribution in [1.29, 1.82) is 0 Å². The molecule has 1 saturated heterocycles. The van der Waals surface area contributed by atoms with Gasteiger partial charge in [-0.25, -0.2) is 0 Å². The smallest absolute Gasteiger partial charge is 0.314 e. The second-order valence-electron chi connectivity index (χ2n) is 5.19. The third-order valence-electron chi connectivity index (χ3n) is 3.33. The Bertz CT molecular complexity index is 710. The van der Waals surface area contributed by atoms with Gasteiger partial charge in [-0.1, -0.05) is 30.0 Å². The van der Waals surface area contributed by atoms with Gasteiger partial charge in [0.1, 0.15) is 4.32 Å². The fraction of sp³-hybridized carbons (Fsp3) is 0.312. The zero-order chi connectivity index (χ0) is 16.4. The fourth-order valence-corrected chi connectivity index (χ4v) is 3.09. The third kappa shape index (κ3) is 3.92. The van der Waals surface area contributed by atoms with E-state index in [1.807, 2.05) is 6.92 Å². The maximum absolute atomic E-state index is 11.8. The number of carbonyl (C=O) groups excluding carboxylic acids is 2. The normalized spacial score (nSPS) is 18.9. The Morgan fingerprint density at radius 3 is 2.83 bits per heavy atom. The second kappa shape index (κ2) is 6.72. The van der Waals surface area contributed by atoms with Crippen LogP contribution in [0.2, 0.25) is 0 Å². The molecule has 0 aromatic heterocycles. The molecule has 1 aromatic rings. The molecule has 23 heavy (non-hydrogen) atoms. The molecule has 0 bridgehead atoms. The van der Waals surface area contributed by atoms with Crippen molar-refractivity contribution in [1.82, 2.24) is 5.32 Å². The third-order valence-corrected chi connectivity index (χ3v) is 4.49. The number of benzene rings is 1. The molecule has 1 aromatic carbocycles. The Balaban J connectivity index is 1.83. The Morgan fingerprint density at radius 1 is 1.43 bits per heavy atom. The summed E-state index contributed by atoms with van der Waals surface area (Å²) in [6.45, 7) is 2.31. The van der Waals surface area contributed by atoms with Crippen LogP contribution in [-0.2, 0) is 9.59 Å². The van der Waals surface area contributed by atoms with E-state index < -0.39 is 0 Å². The number of nitrogens with one attached hydrogen (secondary N) is 1. The van der Waals surface area contributed by atoms with Gasteiger partial charge in [-0.3, -0.25) is 9.59 Å². The highest BCUT2D eigenvalue weighted by Gasteiger charge is 2.32. The van der Waals surface area contributed by atoms with Crippen LogP contribution in [0.4, 0.5) is 0 Å². The summed E-state index contributed by atoms with van der Waals surface area (Å²) in [4.78, 5) is 24.0. The van der Waals surface area contributed by atoms with E-state index in [9.17, 15) is 9.59 Å². The van der Waals surface area contributed by atoms with Crippen molar-refractivity contribution < 1.29 is 19.1 Å². The number of hydrogen-bond donors (Lipinski definition) is 1. The minimum atomic E-state index is -0.215. The topological polar surface area (TPSA) is 64.6 Å². The summed E-state index contributed by atoms with van der Waals surface area (Å²) in [6.07, 6.45) is 3.51. The van der Waals surface area contributed by atoms with Crippen LogP contribution in [-0.4, -0.2) is 22.8 Å². The molecular formula is C16H15NO4S2. The molecule has 2 aliphatic rings. The van der Waals surface area contributed by atoms with Crippen molar-refractivity contribution in [3.8, 4) is 11.5 Å². The molecule has 7 heteroatoms. The summed E-state index contributed by atoms with van der Waals surface area (Å²) in [5.74, 6) is 0.493. The quantitative estimate of drug-likeness (QED) is 0.382. The average Bonchev–Trinajstić information content (AvgIpc) is 3.29. The fourth-order valence-electron chi connectivity index (χ4n) is 2.05. The Labute approximate surface area is 143 Å². The lowest BCUT2D eigenvalue weighted by molar-refractivity contribution is -0.135. The minimum absolute atomic E-state index is 0.0193. The average molecular weight is 349 g/mol. The first-order valence-electron chi connectivity index (χ1n) is 7.30. The van der Waals surface area contributed by atoms with Crippen LogP contribution >= 0.6 is 24.0 Å². The van der Waals surface area contributed by atoms with Gasteiger partial charge in [0.15, 0.2) is 11.5 Å². The Kier molecular flexibility index (Phi) is 4.68. The standard InChI is InChI=1S/C16H15NO4S2/c1-2-20-12-7-9(8-13-14(18)17-16(22)23-13)3-6-11(12)21-15(19)10-4-5-10/h3,6-8,10H,2,4-5H2,1H3,(H,17,18,22)/b13-8-. The van der Waals surface area contributed by atoms with E-state index in [0.29, 0.717) is 27.3 Å². The number of carbonyl (C=O) groups is 2. The lowest BCUT2D eigenvalue weighted by atomic mass is 10.2. The van der Waals surface area contributed by atoms with Crippen molar-refractivity contribution >= 4 is 46.3 Å². The molecule has 5 nitrogen and oxygen atoms in total. The molecule has 0 radical (unpaired) electrons. The predicted molar refractivity (Wildman–Crippen MR) is 92.3 cm³/mol. The molecule has 3 rings (SSSR count). The molecule has 120 valence electrons. The van der Waals surface area contributed by atoms with Crippen LogP contribution in [0.1, 0.15) is 25.3 Å². The summed E-state index contributed by atoms with van der Waals surface area (Å²) in [5, 5.41) is 2.57. The molecule has 0 unspecified atom stereocenters. The number of ether oxygens (including phenoxy) is 2. The van der Waals surface area contributed by atoms with Gasteiger partial charge >= 0.3 is 5.97 Å². The molecule has 1 heterocycles. The predicted octanol–water partition coefficient (Wildman–Crippen LogP) is 2.89. The number of thiocarbonyl (C=S) groups is 1. The molecule has 1 aliphatic carbocycles. The molecule has 1 saturated carbocycles. The van der Waals surface area contributed by atoms with E-state index in [4.69, 9.17) is 21.7 Å². The first kappa shape index (κ1) is 16.0. The van der Waals surface area contributed by atoms with Crippen LogP contribution in [0.5, 0.6) is 11.5 Å². The van der Waals surface area contributed by atoms with Crippen LogP contribution < -0.4 is 14.8 Å². The molecular weight excluding hydrogens is 334 g/mol. The number of amides is 1. The second-order valence-corrected chi connectivity index (χ2v) is 6.91. The van der Waals surface area contributed by atoms with Crippen molar-refractivity contribution in [2.75, 3.05) is 6.61 Å². The van der Waals surface area contributed by atoms with Gasteiger partial charge in [0.2, 0.25) is 0 Å². The maximum atomic E-state index is 11.8. The highest BCUT2D eigenvalue weighted by Crippen LogP contribution is 2.35. The largest absolute Gasteiger partial charge is 0.490 e. The van der Waals surface area contributed by atoms with Crippen molar-refractivity contribution in [3.05, 3.63) is 28.7 Å². The Hall–Kier alpha value is -1.86. The van der Waals surface area contributed by atoms with Gasteiger partial charge in [-0.15, -0.1) is 0 Å². The number of hydrogen-bond acceptors (Lipinski definition) is 6. The minimum Gasteiger partial charge on any atom is -0.490 e. The van der Waals surface area contributed by atoms with Crippen LogP contribution in [0.3, 0.4) is 0 Å². The van der Waals surface area contributed by atoms with Crippen LogP contribution in [0.25, 0.3) is 6.08 Å². The highest BCUT2D eigenvalue weighted by molar-refractivity contribution is 8.26. The van der Waals surface area contributed by atoms with E-state index in [1.54, 1.807) is 24.3 Å². The van der Waals surface area contributed by atoms with Gasteiger partial charge in [0.25, 0.3) is 5.91 Å². The Morgan fingerprint density at radius 2 is 2.22 bits per heavy atom. The molecule has 1 aliphatic heterocycles. The van der Waals surface area contributed by atoms with Gasteiger partial charge in [0, 0.05) is 0 Å². The summed E-state index contributed by atoms with van der Waals surface area (Å²) in [5.41, 5.74) is 0.780. The molecule has 1 N–H and O–H groups in total. The molecule has 2 fully saturated rings. The van der Waals surface area contributed by atoms with E-state index in [-0.39, 0.29) is 17.8 Å². The summed E-state index contributed by atoms with van der Waals surface area (Å²) in [7, 11) is 0. The van der Waals surface area contributed by atoms with E-state index in [1.165, 1.54) is 11.8 Å². The first-order valence-corrected chi connectivity index (χ1v) is 8.52. The van der Waals surface area contributed by atoms with Crippen molar-refractivity contribution in [2.24, 2.45) is 5.92 Å². The molecule has 1 amide bonds. The van der Waals surface area contributed by atoms with E-state index in [2.05, 4.69) is 5.32 Å². The highest BCUT2D eigenvalue weighted by atomic mass is 32.2. The molecule has 0 spiro atoms. The lowest BCUT2D eigenvalue weighted by Crippen LogP contribution is -2.17. The number of esters is 1. The van der Waals surface area contributed by atoms with Gasteiger partial charge < -0.3 is 14.8 Å². The SMILES string of the molecule is CCOc1cc(/C=C2\SC(=S)NC2=O)ccc1OC(=O)C1CC1. The van der Waals surface area contributed by atoms with Gasteiger partial charge in [0.05, 0.1) is 17.4 Å². The molecule has 0 atom stereocenters. The monoisotopic (exact) mass is 349 g/mol. The van der Waals surface area contributed by atoms with Crippen molar-refractivity contribution in [2.45, 2.75) is 19.8 Å². The van der Waals surface area contributed by atoms with Gasteiger partial charge in [-0.2, -0.15) is 0 Å². The zero-order valence-electron chi connectivity index (χ0n) is 12.5. The first-order chi connectivity index (χ1) is 11.1.